The molecule has 0 spiro atoms. The summed E-state index contributed by atoms with van der Waals surface area (Å²) in [5.74, 6) is 0.658. The maximum Gasteiger partial charge on any atom is 0.129 e. The van der Waals surface area contributed by atoms with Gasteiger partial charge in [-0.05, 0) is 35.4 Å². The Morgan fingerprint density at radius 1 is 1.13 bits per heavy atom. The predicted octanol–water partition coefficient (Wildman–Crippen LogP) is 5.87. The van der Waals surface area contributed by atoms with E-state index in [-0.39, 0.29) is 0 Å². The second kappa shape index (κ2) is 6.33. The van der Waals surface area contributed by atoms with Crippen molar-refractivity contribution < 1.29 is 4.74 Å². The minimum atomic E-state index is 0.304. The van der Waals surface area contributed by atoms with Gasteiger partial charge >= 0.3 is 0 Å². The molecule has 0 saturated heterocycles. The number of ether oxygens (including phenoxy) is 1. The summed E-state index contributed by atoms with van der Waals surface area (Å²) in [5.41, 5.74) is 3.24. The number of methoxy groups -OCH3 is 1. The van der Waals surface area contributed by atoms with Gasteiger partial charge in [0.15, 0.2) is 0 Å². The second-order valence-corrected chi connectivity index (χ2v) is 6.25. The van der Waals surface area contributed by atoms with Crippen LogP contribution in [0.4, 0.5) is 0 Å². The number of rotatable bonds is 3. The van der Waals surface area contributed by atoms with Gasteiger partial charge in [0.25, 0.3) is 0 Å². The van der Waals surface area contributed by atoms with E-state index in [1.54, 1.807) is 19.2 Å². The number of nitrogens with zero attached hydrogens (tertiary/aromatic N) is 1. The number of aromatic nitrogens is 1. The Hall–Kier alpha value is -1.86. The first-order valence-electron chi connectivity index (χ1n) is 6.75. The average molecular weight is 366 g/mol. The van der Waals surface area contributed by atoms with Gasteiger partial charge in [0, 0.05) is 22.2 Å². The number of nitrogens with one attached hydrogen (secondary N) is 1. The predicted molar refractivity (Wildman–Crippen MR) is 94.6 cm³/mol. The number of hydrogen-bond donors (Lipinski definition) is 1. The van der Waals surface area contributed by atoms with Crippen molar-refractivity contribution in [3.63, 3.8) is 0 Å². The lowest BCUT2D eigenvalue weighted by atomic mass is 10.0. The highest BCUT2D eigenvalue weighted by Crippen LogP contribution is 2.41. The van der Waals surface area contributed by atoms with Crippen LogP contribution in [-0.4, -0.2) is 12.1 Å². The molecule has 0 aliphatic rings. The maximum atomic E-state index is 8.94. The van der Waals surface area contributed by atoms with Gasteiger partial charge in [0.1, 0.15) is 5.75 Å². The van der Waals surface area contributed by atoms with E-state index in [4.69, 9.17) is 44.8 Å². The van der Waals surface area contributed by atoms with E-state index in [0.717, 1.165) is 22.0 Å². The van der Waals surface area contributed by atoms with Crippen LogP contribution in [0.15, 0.2) is 30.5 Å². The van der Waals surface area contributed by atoms with Gasteiger partial charge in [-0.15, -0.1) is 0 Å². The number of halogens is 3. The molecule has 3 aromatic rings. The Labute approximate surface area is 148 Å². The summed E-state index contributed by atoms with van der Waals surface area (Å²) in [6.45, 7) is 0. The van der Waals surface area contributed by atoms with E-state index in [9.17, 15) is 0 Å². The molecule has 1 aromatic heterocycles. The molecule has 0 saturated carbocycles. The van der Waals surface area contributed by atoms with Crippen LogP contribution in [0.25, 0.3) is 22.0 Å². The molecular weight excluding hydrogens is 355 g/mol. The summed E-state index contributed by atoms with van der Waals surface area (Å²) < 4.78 is 5.50. The molecule has 0 atom stereocenters. The molecular formula is C17H11Cl3N2O. The summed E-state index contributed by atoms with van der Waals surface area (Å²) in [4.78, 5) is 3.16. The Morgan fingerprint density at radius 2 is 1.83 bits per heavy atom. The maximum absolute atomic E-state index is 8.94. The van der Waals surface area contributed by atoms with Crippen LogP contribution < -0.4 is 4.74 Å². The number of benzene rings is 2. The lowest BCUT2D eigenvalue weighted by Crippen LogP contribution is -1.90. The van der Waals surface area contributed by atoms with Crippen molar-refractivity contribution >= 4 is 45.7 Å². The molecule has 0 fully saturated rings. The highest BCUT2D eigenvalue weighted by atomic mass is 35.5. The summed E-state index contributed by atoms with van der Waals surface area (Å²) in [6, 6.07) is 9.24. The van der Waals surface area contributed by atoms with E-state index in [2.05, 4.69) is 11.1 Å². The quantitative estimate of drug-likeness (QED) is 0.631. The van der Waals surface area contributed by atoms with Crippen LogP contribution in [0.3, 0.4) is 0 Å². The van der Waals surface area contributed by atoms with E-state index in [0.29, 0.717) is 32.8 Å². The highest BCUT2D eigenvalue weighted by molar-refractivity contribution is 6.41. The normalized spacial score (nSPS) is 10.7. The van der Waals surface area contributed by atoms with Crippen molar-refractivity contribution in [2.45, 2.75) is 6.42 Å². The molecule has 23 heavy (non-hydrogen) atoms. The molecule has 2 aromatic carbocycles. The zero-order chi connectivity index (χ0) is 16.6. The number of nitriles is 1. The van der Waals surface area contributed by atoms with E-state index < -0.39 is 0 Å². The van der Waals surface area contributed by atoms with Crippen LogP contribution in [0.5, 0.6) is 5.75 Å². The minimum Gasteiger partial charge on any atom is -0.496 e. The third-order valence-electron chi connectivity index (χ3n) is 3.61. The fraction of sp³-hybridized carbons (Fsp3) is 0.118. The fourth-order valence-corrected chi connectivity index (χ4v) is 3.68. The summed E-state index contributed by atoms with van der Waals surface area (Å²) >= 11 is 18.6. The average Bonchev–Trinajstić information content (AvgIpc) is 2.89. The summed E-state index contributed by atoms with van der Waals surface area (Å²) in [7, 11) is 1.59. The van der Waals surface area contributed by atoms with E-state index in [1.807, 2.05) is 18.3 Å². The Kier molecular flexibility index (Phi) is 4.41. The van der Waals surface area contributed by atoms with Gasteiger partial charge in [-0.1, -0.05) is 34.8 Å². The zero-order valence-corrected chi connectivity index (χ0v) is 14.4. The Morgan fingerprint density at radius 3 is 2.43 bits per heavy atom. The highest BCUT2D eigenvalue weighted by Gasteiger charge is 2.16. The lowest BCUT2D eigenvalue weighted by Gasteiger charge is -2.11. The van der Waals surface area contributed by atoms with Gasteiger partial charge in [-0.3, -0.25) is 0 Å². The molecule has 0 unspecified atom stereocenters. The molecule has 0 aliphatic heterocycles. The largest absolute Gasteiger partial charge is 0.496 e. The van der Waals surface area contributed by atoms with Crippen LogP contribution >= 0.6 is 34.8 Å². The van der Waals surface area contributed by atoms with Crippen molar-refractivity contribution in [1.82, 2.24) is 4.98 Å². The monoisotopic (exact) mass is 364 g/mol. The van der Waals surface area contributed by atoms with Crippen LogP contribution in [0.1, 0.15) is 5.56 Å². The van der Waals surface area contributed by atoms with Gasteiger partial charge in [-0.2, -0.15) is 5.26 Å². The Balaban J connectivity index is 2.27. The fourth-order valence-electron chi connectivity index (χ4n) is 2.65. The molecule has 0 amide bonds. The van der Waals surface area contributed by atoms with Gasteiger partial charge < -0.3 is 9.72 Å². The SMILES string of the molecule is COc1cc(-c2c(Cl)cc(Cl)cc2Cl)cc2[nH]cc(CC#N)c12. The van der Waals surface area contributed by atoms with Crippen LogP contribution in [0.2, 0.25) is 15.1 Å². The number of fused-ring (bicyclic) bond motifs is 1. The molecule has 0 aliphatic carbocycles. The van der Waals surface area contributed by atoms with Crippen LogP contribution in [0, 0.1) is 11.3 Å². The zero-order valence-electron chi connectivity index (χ0n) is 12.1. The Bertz CT molecular complexity index is 918. The molecule has 0 bridgehead atoms. The van der Waals surface area contributed by atoms with Crippen LogP contribution in [-0.2, 0) is 6.42 Å². The molecule has 6 heteroatoms. The first-order valence-corrected chi connectivity index (χ1v) is 7.88. The topological polar surface area (TPSA) is 48.8 Å². The lowest BCUT2D eigenvalue weighted by molar-refractivity contribution is 0.420. The number of hydrogen-bond acceptors (Lipinski definition) is 2. The minimum absolute atomic E-state index is 0.304. The summed E-state index contributed by atoms with van der Waals surface area (Å²) in [5, 5.41) is 11.2. The molecule has 3 rings (SSSR count). The standard InChI is InChI=1S/C17H11Cl3N2O/c1-23-15-5-10(16-12(19)6-11(18)7-13(16)20)4-14-17(15)9(2-3-21)8-22-14/h4-8,22H,2H2,1H3. The first kappa shape index (κ1) is 16.0. The molecule has 1 N–H and O–H groups in total. The number of H-pyrrole nitrogens is 1. The van der Waals surface area contributed by atoms with Crippen molar-refractivity contribution in [1.29, 1.82) is 5.26 Å². The van der Waals surface area contributed by atoms with Crippen molar-refractivity contribution in [2.24, 2.45) is 0 Å². The summed E-state index contributed by atoms with van der Waals surface area (Å²) in [6.07, 6.45) is 2.11. The van der Waals surface area contributed by atoms with E-state index >= 15 is 0 Å². The van der Waals surface area contributed by atoms with Crippen molar-refractivity contribution in [2.75, 3.05) is 7.11 Å². The smallest absolute Gasteiger partial charge is 0.129 e. The second-order valence-electron chi connectivity index (χ2n) is 4.99. The first-order chi connectivity index (χ1) is 11.0. The van der Waals surface area contributed by atoms with Gasteiger partial charge in [0.05, 0.1) is 35.2 Å². The molecule has 0 radical (unpaired) electrons. The van der Waals surface area contributed by atoms with Gasteiger partial charge in [-0.25, -0.2) is 0 Å². The van der Waals surface area contributed by atoms with Gasteiger partial charge in [0.2, 0.25) is 0 Å². The molecule has 116 valence electrons. The van der Waals surface area contributed by atoms with E-state index in [1.165, 1.54) is 0 Å². The number of aromatic amines is 1. The molecule has 1 heterocycles. The van der Waals surface area contributed by atoms with Crippen molar-refractivity contribution in [3.8, 4) is 22.9 Å². The third kappa shape index (κ3) is 2.86. The third-order valence-corrected chi connectivity index (χ3v) is 4.42. The molecule has 3 nitrogen and oxygen atoms in total. The van der Waals surface area contributed by atoms with Crippen molar-refractivity contribution in [3.05, 3.63) is 51.1 Å².